The summed E-state index contributed by atoms with van der Waals surface area (Å²) < 4.78 is 12.7. The quantitative estimate of drug-likeness (QED) is 0.605. The normalized spacial score (nSPS) is 14.9. The molecule has 1 aromatic rings. The van der Waals surface area contributed by atoms with E-state index in [1.54, 1.807) is 12.1 Å². The van der Waals surface area contributed by atoms with Gasteiger partial charge in [0.05, 0.1) is 11.9 Å². The summed E-state index contributed by atoms with van der Waals surface area (Å²) in [5.74, 6) is 0.382. The molecule has 0 aliphatic rings. The molecule has 0 radical (unpaired) electrons. The molecule has 0 fully saturated rings. The monoisotopic (exact) mass is 222 g/mol. The second-order valence-electron chi connectivity index (χ2n) is 4.99. The maximum atomic E-state index is 12.7. The molecule has 88 valence electrons. The number of benzene rings is 1. The molecule has 16 heavy (non-hydrogen) atoms. The minimum atomic E-state index is -0.233. The molecule has 0 aliphatic heterocycles. The fourth-order valence-electron chi connectivity index (χ4n) is 1.22. The smallest absolute Gasteiger partial charge is 0.123 e. The molecule has 1 aromatic carbocycles. The highest BCUT2D eigenvalue weighted by Crippen LogP contribution is 2.20. The Morgan fingerprint density at radius 2 is 1.75 bits per heavy atom. The van der Waals surface area contributed by atoms with Gasteiger partial charge in [-0.3, -0.25) is 4.99 Å². The third-order valence-electron chi connectivity index (χ3n) is 2.45. The van der Waals surface area contributed by atoms with Gasteiger partial charge in [-0.2, -0.15) is 0 Å². The van der Waals surface area contributed by atoms with E-state index in [-0.39, 0.29) is 17.3 Å². The van der Waals surface area contributed by atoms with Crippen LogP contribution in [0.3, 0.4) is 0 Å². The highest BCUT2D eigenvalue weighted by Gasteiger charge is 2.16. The lowest BCUT2D eigenvalue weighted by Crippen LogP contribution is -2.29. The molecule has 0 saturated carbocycles. The summed E-state index contributed by atoms with van der Waals surface area (Å²) in [5, 5.41) is 0. The Kier molecular flexibility index (Phi) is 3.68. The summed E-state index contributed by atoms with van der Waals surface area (Å²) >= 11 is 0. The number of hydrogen-bond donors (Lipinski definition) is 1. The third kappa shape index (κ3) is 3.33. The summed E-state index contributed by atoms with van der Waals surface area (Å²) in [6.07, 6.45) is 0. The highest BCUT2D eigenvalue weighted by molar-refractivity contribution is 5.85. The van der Waals surface area contributed by atoms with Crippen LogP contribution in [0.25, 0.3) is 0 Å². The molecule has 2 nitrogen and oxygen atoms in total. The zero-order valence-electron chi connectivity index (χ0n) is 10.3. The van der Waals surface area contributed by atoms with Gasteiger partial charge < -0.3 is 5.73 Å². The first-order valence-electron chi connectivity index (χ1n) is 5.40. The summed E-state index contributed by atoms with van der Waals surface area (Å²) in [7, 11) is 0. The Labute approximate surface area is 96.4 Å². The number of nitrogens with two attached hydrogens (primary N) is 1. The summed E-state index contributed by atoms with van der Waals surface area (Å²) in [4.78, 5) is 4.42. The standard InChI is InChI=1S/C13H19FN2/c1-9(16-12(15)13(2,3)4)10-5-7-11(14)8-6-10/h5-9H,1-4H3,(H2,15,16). The van der Waals surface area contributed by atoms with Crippen LogP contribution < -0.4 is 5.73 Å². The van der Waals surface area contributed by atoms with Gasteiger partial charge in [0.1, 0.15) is 5.82 Å². The van der Waals surface area contributed by atoms with E-state index >= 15 is 0 Å². The third-order valence-corrected chi connectivity index (χ3v) is 2.45. The largest absolute Gasteiger partial charge is 0.387 e. The second-order valence-corrected chi connectivity index (χ2v) is 4.99. The van der Waals surface area contributed by atoms with Crippen molar-refractivity contribution in [3.63, 3.8) is 0 Å². The van der Waals surface area contributed by atoms with Gasteiger partial charge in [0, 0.05) is 5.41 Å². The van der Waals surface area contributed by atoms with Gasteiger partial charge in [0.15, 0.2) is 0 Å². The van der Waals surface area contributed by atoms with Crippen molar-refractivity contribution in [3.05, 3.63) is 35.6 Å². The van der Waals surface area contributed by atoms with Crippen molar-refractivity contribution in [3.8, 4) is 0 Å². The maximum Gasteiger partial charge on any atom is 0.123 e. The van der Waals surface area contributed by atoms with Crippen LogP contribution in [0.5, 0.6) is 0 Å². The van der Waals surface area contributed by atoms with Crippen LogP contribution >= 0.6 is 0 Å². The van der Waals surface area contributed by atoms with Gasteiger partial charge in [0.25, 0.3) is 0 Å². The first-order chi connectivity index (χ1) is 7.30. The molecule has 3 heteroatoms. The topological polar surface area (TPSA) is 38.4 Å². The first-order valence-corrected chi connectivity index (χ1v) is 5.40. The van der Waals surface area contributed by atoms with E-state index < -0.39 is 0 Å². The average Bonchev–Trinajstić information content (AvgIpc) is 2.17. The van der Waals surface area contributed by atoms with E-state index in [0.29, 0.717) is 5.84 Å². The van der Waals surface area contributed by atoms with E-state index in [1.165, 1.54) is 12.1 Å². The van der Waals surface area contributed by atoms with Crippen LogP contribution in [0, 0.1) is 11.2 Å². The molecule has 0 aliphatic carbocycles. The average molecular weight is 222 g/mol. The predicted molar refractivity (Wildman–Crippen MR) is 65.9 cm³/mol. The van der Waals surface area contributed by atoms with Crippen molar-refractivity contribution in [2.45, 2.75) is 33.7 Å². The lowest BCUT2D eigenvalue weighted by molar-refractivity contribution is 0.575. The molecule has 0 spiro atoms. The van der Waals surface area contributed by atoms with Crippen LogP contribution in [0.15, 0.2) is 29.3 Å². The van der Waals surface area contributed by atoms with Gasteiger partial charge in [-0.05, 0) is 24.6 Å². The second kappa shape index (κ2) is 4.64. The Bertz CT molecular complexity index is 374. The van der Waals surface area contributed by atoms with E-state index in [2.05, 4.69) is 4.99 Å². The lowest BCUT2D eigenvalue weighted by Gasteiger charge is -2.19. The van der Waals surface area contributed by atoms with Crippen molar-refractivity contribution < 1.29 is 4.39 Å². The van der Waals surface area contributed by atoms with Gasteiger partial charge in [-0.1, -0.05) is 32.9 Å². The lowest BCUT2D eigenvalue weighted by atomic mass is 9.95. The summed E-state index contributed by atoms with van der Waals surface area (Å²) in [6, 6.07) is 6.31. The molecule has 1 unspecified atom stereocenters. The van der Waals surface area contributed by atoms with Crippen LogP contribution in [0.1, 0.15) is 39.3 Å². The minimum absolute atomic E-state index is 0.0418. The van der Waals surface area contributed by atoms with Crippen LogP contribution in [-0.2, 0) is 0 Å². The van der Waals surface area contributed by atoms with Gasteiger partial charge in [-0.25, -0.2) is 4.39 Å². The van der Waals surface area contributed by atoms with Gasteiger partial charge >= 0.3 is 0 Å². The molecule has 0 heterocycles. The first kappa shape index (κ1) is 12.7. The van der Waals surface area contributed by atoms with E-state index in [4.69, 9.17) is 5.73 Å². The molecule has 1 rings (SSSR count). The molecular weight excluding hydrogens is 203 g/mol. The molecule has 1 atom stereocenters. The maximum absolute atomic E-state index is 12.7. The summed E-state index contributed by atoms with van der Waals surface area (Å²) in [6.45, 7) is 8.00. The van der Waals surface area contributed by atoms with E-state index in [9.17, 15) is 4.39 Å². The Morgan fingerprint density at radius 1 is 1.25 bits per heavy atom. The fraction of sp³-hybridized carbons (Fsp3) is 0.462. The van der Waals surface area contributed by atoms with Gasteiger partial charge in [-0.15, -0.1) is 0 Å². The van der Waals surface area contributed by atoms with E-state index in [1.807, 2.05) is 27.7 Å². The van der Waals surface area contributed by atoms with Crippen LogP contribution in [0.4, 0.5) is 4.39 Å². The number of hydrogen-bond acceptors (Lipinski definition) is 1. The fourth-order valence-corrected chi connectivity index (χ4v) is 1.22. The van der Waals surface area contributed by atoms with Crippen LogP contribution in [-0.4, -0.2) is 5.84 Å². The number of halogens is 1. The summed E-state index contributed by atoms with van der Waals surface area (Å²) in [5.41, 5.74) is 6.73. The Balaban J connectivity index is 2.87. The molecule has 0 aromatic heterocycles. The zero-order chi connectivity index (χ0) is 12.3. The molecule has 2 N–H and O–H groups in total. The molecule has 0 bridgehead atoms. The highest BCUT2D eigenvalue weighted by atomic mass is 19.1. The minimum Gasteiger partial charge on any atom is -0.387 e. The van der Waals surface area contributed by atoms with Crippen molar-refractivity contribution in [1.82, 2.24) is 0 Å². The van der Waals surface area contributed by atoms with Gasteiger partial charge in [0.2, 0.25) is 0 Å². The SMILES string of the molecule is CC(N=C(N)C(C)(C)C)c1ccc(F)cc1. The van der Waals surface area contributed by atoms with Crippen molar-refractivity contribution in [2.24, 2.45) is 16.1 Å². The molecule has 0 amide bonds. The zero-order valence-corrected chi connectivity index (χ0v) is 10.3. The number of rotatable bonds is 2. The molecule has 0 saturated heterocycles. The molecular formula is C13H19FN2. The van der Waals surface area contributed by atoms with E-state index in [0.717, 1.165) is 5.56 Å². The van der Waals surface area contributed by atoms with Crippen molar-refractivity contribution in [1.29, 1.82) is 0 Å². The Morgan fingerprint density at radius 3 is 2.19 bits per heavy atom. The Hall–Kier alpha value is -1.38. The van der Waals surface area contributed by atoms with Crippen LogP contribution in [0.2, 0.25) is 0 Å². The number of nitrogens with zero attached hydrogens (tertiary/aromatic N) is 1. The van der Waals surface area contributed by atoms with Crippen molar-refractivity contribution >= 4 is 5.84 Å². The van der Waals surface area contributed by atoms with Crippen molar-refractivity contribution in [2.75, 3.05) is 0 Å². The number of aliphatic imine (C=N–C) groups is 1. The predicted octanol–water partition coefficient (Wildman–Crippen LogP) is 3.29. The number of amidine groups is 1.